The minimum absolute atomic E-state index is 0.260. The lowest BCUT2D eigenvalue weighted by Crippen LogP contribution is -2.40. The zero-order valence-electron chi connectivity index (χ0n) is 17.1. The van der Waals surface area contributed by atoms with E-state index in [9.17, 15) is 13.2 Å². The molecule has 0 spiro atoms. The molecule has 30 heavy (non-hydrogen) atoms. The van der Waals surface area contributed by atoms with Crippen LogP contribution in [0.1, 0.15) is 15.9 Å². The highest BCUT2D eigenvalue weighted by Gasteiger charge is 2.26. The lowest BCUT2D eigenvalue weighted by molar-refractivity contribution is 0.0730. The molecular formula is C21H26N2O6S. The molecule has 1 N–H and O–H groups in total. The summed E-state index contributed by atoms with van der Waals surface area (Å²) in [6.07, 6.45) is 0.557. The molecule has 0 bridgehead atoms. The molecule has 3 rings (SSSR count). The Morgan fingerprint density at radius 3 is 2.20 bits per heavy atom. The first-order valence-corrected chi connectivity index (χ1v) is 11.1. The topological polar surface area (TPSA) is 94.2 Å². The number of hydrogen-bond acceptors (Lipinski definition) is 6. The Bertz CT molecular complexity index is 947. The number of methoxy groups -OCH3 is 2. The highest BCUT2D eigenvalue weighted by atomic mass is 32.2. The van der Waals surface area contributed by atoms with Gasteiger partial charge in [0.05, 0.1) is 32.3 Å². The summed E-state index contributed by atoms with van der Waals surface area (Å²) in [5.41, 5.74) is 1.26. The van der Waals surface area contributed by atoms with Crippen LogP contribution >= 0.6 is 0 Å². The fourth-order valence-electron chi connectivity index (χ4n) is 3.25. The summed E-state index contributed by atoms with van der Waals surface area (Å²) in [6, 6.07) is 11.9. The molecule has 2 aromatic rings. The van der Waals surface area contributed by atoms with Crippen LogP contribution in [0.4, 0.5) is 0 Å². The summed E-state index contributed by atoms with van der Waals surface area (Å²) in [5.74, 6) is 0.574. The zero-order valence-corrected chi connectivity index (χ0v) is 17.9. The lowest BCUT2D eigenvalue weighted by atomic mass is 10.1. The van der Waals surface area contributed by atoms with Gasteiger partial charge in [-0.25, -0.2) is 8.42 Å². The summed E-state index contributed by atoms with van der Waals surface area (Å²) >= 11 is 0. The summed E-state index contributed by atoms with van der Waals surface area (Å²) in [7, 11) is -0.512. The van der Waals surface area contributed by atoms with E-state index in [1.807, 2.05) is 0 Å². The van der Waals surface area contributed by atoms with Gasteiger partial charge < -0.3 is 19.5 Å². The van der Waals surface area contributed by atoms with Crippen molar-refractivity contribution in [2.45, 2.75) is 11.3 Å². The van der Waals surface area contributed by atoms with E-state index in [1.165, 1.54) is 18.5 Å². The van der Waals surface area contributed by atoms with Crippen molar-refractivity contribution >= 4 is 15.9 Å². The van der Waals surface area contributed by atoms with Gasteiger partial charge >= 0.3 is 0 Å². The number of nitrogens with zero attached hydrogens (tertiary/aromatic N) is 1. The Balaban J connectivity index is 1.60. The minimum atomic E-state index is -3.51. The fourth-order valence-corrected chi connectivity index (χ4v) is 4.66. The number of ether oxygens (including phenoxy) is 3. The molecule has 9 heteroatoms. The molecule has 2 aromatic carbocycles. The third kappa shape index (κ3) is 4.92. The maximum atomic E-state index is 12.7. The second-order valence-corrected chi connectivity index (χ2v) is 8.64. The minimum Gasteiger partial charge on any atom is -0.496 e. The van der Waals surface area contributed by atoms with Crippen molar-refractivity contribution in [3.05, 3.63) is 53.6 Å². The predicted octanol–water partition coefficient (Wildman–Crippen LogP) is 1.70. The van der Waals surface area contributed by atoms with Crippen molar-refractivity contribution in [1.29, 1.82) is 0 Å². The van der Waals surface area contributed by atoms with Crippen molar-refractivity contribution in [2.75, 3.05) is 47.1 Å². The highest BCUT2D eigenvalue weighted by molar-refractivity contribution is 7.89. The van der Waals surface area contributed by atoms with Gasteiger partial charge in [-0.15, -0.1) is 0 Å². The molecule has 1 heterocycles. The number of benzene rings is 2. The van der Waals surface area contributed by atoms with Gasteiger partial charge in [0.2, 0.25) is 10.0 Å². The predicted molar refractivity (Wildman–Crippen MR) is 112 cm³/mol. The summed E-state index contributed by atoms with van der Waals surface area (Å²) < 4.78 is 42.5. The number of hydrogen-bond donors (Lipinski definition) is 1. The number of morpholine rings is 1. The fraction of sp³-hybridized carbons (Fsp3) is 0.381. The smallest absolute Gasteiger partial charge is 0.258 e. The second kappa shape index (κ2) is 9.92. The van der Waals surface area contributed by atoms with E-state index >= 15 is 0 Å². The number of carbonyl (C=O) groups excluding carboxylic acids is 1. The molecule has 0 aromatic heterocycles. The van der Waals surface area contributed by atoms with Gasteiger partial charge in [0.1, 0.15) is 17.1 Å². The molecule has 0 atom stereocenters. The van der Waals surface area contributed by atoms with Crippen LogP contribution in [0.2, 0.25) is 0 Å². The normalized spacial score (nSPS) is 14.9. The molecule has 0 saturated carbocycles. The standard InChI is InChI=1S/C21H26N2O6S/c1-27-18-4-3-5-19(28-2)20(18)21(24)22-11-10-16-6-8-17(9-7-16)30(25,26)23-12-14-29-15-13-23/h3-9H,10-15H2,1-2H3,(H,22,24). The van der Waals surface area contributed by atoms with Gasteiger partial charge in [-0.1, -0.05) is 18.2 Å². The van der Waals surface area contributed by atoms with E-state index in [0.29, 0.717) is 56.3 Å². The molecule has 1 amide bonds. The molecule has 1 fully saturated rings. The van der Waals surface area contributed by atoms with Gasteiger partial charge in [-0.3, -0.25) is 4.79 Å². The van der Waals surface area contributed by atoms with E-state index < -0.39 is 10.0 Å². The molecule has 162 valence electrons. The molecule has 8 nitrogen and oxygen atoms in total. The van der Waals surface area contributed by atoms with Crippen LogP contribution in [0.5, 0.6) is 11.5 Å². The van der Waals surface area contributed by atoms with Crippen LogP contribution in [0.15, 0.2) is 47.4 Å². The van der Waals surface area contributed by atoms with Crippen LogP contribution in [-0.2, 0) is 21.2 Å². The average Bonchev–Trinajstić information content (AvgIpc) is 2.79. The Morgan fingerprint density at radius 1 is 1.03 bits per heavy atom. The molecule has 1 saturated heterocycles. The van der Waals surface area contributed by atoms with E-state index in [4.69, 9.17) is 14.2 Å². The third-order valence-electron chi connectivity index (χ3n) is 4.89. The number of sulfonamides is 1. The van der Waals surface area contributed by atoms with Gasteiger partial charge in [-0.05, 0) is 36.2 Å². The van der Waals surface area contributed by atoms with Crippen LogP contribution < -0.4 is 14.8 Å². The van der Waals surface area contributed by atoms with Crippen LogP contribution in [0.25, 0.3) is 0 Å². The Labute approximate surface area is 176 Å². The van der Waals surface area contributed by atoms with Crippen LogP contribution in [-0.4, -0.2) is 65.7 Å². The van der Waals surface area contributed by atoms with Crippen molar-refractivity contribution in [3.63, 3.8) is 0 Å². The van der Waals surface area contributed by atoms with Gasteiger partial charge in [0, 0.05) is 19.6 Å². The number of nitrogens with one attached hydrogen (secondary N) is 1. The first kappa shape index (κ1) is 22.1. The van der Waals surface area contributed by atoms with Gasteiger partial charge in [0.25, 0.3) is 5.91 Å². The molecule has 0 aliphatic carbocycles. The highest BCUT2D eigenvalue weighted by Crippen LogP contribution is 2.28. The third-order valence-corrected chi connectivity index (χ3v) is 6.80. The molecule has 1 aliphatic rings. The van der Waals surface area contributed by atoms with E-state index in [0.717, 1.165) is 5.56 Å². The number of amides is 1. The van der Waals surface area contributed by atoms with E-state index in [2.05, 4.69) is 5.32 Å². The van der Waals surface area contributed by atoms with Crippen molar-refractivity contribution in [1.82, 2.24) is 9.62 Å². The number of carbonyl (C=O) groups is 1. The lowest BCUT2D eigenvalue weighted by Gasteiger charge is -2.26. The maximum absolute atomic E-state index is 12.7. The summed E-state index contributed by atoms with van der Waals surface area (Å²) in [5, 5.41) is 2.85. The number of rotatable bonds is 8. The Morgan fingerprint density at radius 2 is 1.63 bits per heavy atom. The SMILES string of the molecule is COc1cccc(OC)c1C(=O)NCCc1ccc(S(=O)(=O)N2CCOCC2)cc1. The van der Waals surface area contributed by atoms with Crippen molar-refractivity contribution in [2.24, 2.45) is 0 Å². The van der Waals surface area contributed by atoms with Crippen LogP contribution in [0, 0.1) is 0 Å². The maximum Gasteiger partial charge on any atom is 0.258 e. The average molecular weight is 435 g/mol. The van der Waals surface area contributed by atoms with Gasteiger partial charge in [0.15, 0.2) is 0 Å². The van der Waals surface area contributed by atoms with E-state index in [1.54, 1.807) is 42.5 Å². The molecule has 0 radical (unpaired) electrons. The second-order valence-electron chi connectivity index (χ2n) is 6.70. The van der Waals surface area contributed by atoms with Gasteiger partial charge in [-0.2, -0.15) is 4.31 Å². The first-order valence-electron chi connectivity index (χ1n) is 9.63. The van der Waals surface area contributed by atoms with Crippen molar-refractivity contribution < 1.29 is 27.4 Å². The Hall–Kier alpha value is -2.62. The van der Waals surface area contributed by atoms with E-state index in [-0.39, 0.29) is 10.8 Å². The summed E-state index contributed by atoms with van der Waals surface area (Å²) in [4.78, 5) is 12.8. The zero-order chi connectivity index (χ0) is 21.6. The summed E-state index contributed by atoms with van der Waals surface area (Å²) in [6.45, 7) is 1.93. The monoisotopic (exact) mass is 434 g/mol. The molecular weight excluding hydrogens is 408 g/mol. The van der Waals surface area contributed by atoms with Crippen molar-refractivity contribution in [3.8, 4) is 11.5 Å². The van der Waals surface area contributed by atoms with Crippen LogP contribution in [0.3, 0.4) is 0 Å². The first-order chi connectivity index (χ1) is 14.5. The molecule has 1 aliphatic heterocycles. The molecule has 0 unspecified atom stereocenters. The Kier molecular flexibility index (Phi) is 7.30. The largest absolute Gasteiger partial charge is 0.496 e. The quantitative estimate of drug-likeness (QED) is 0.680.